The van der Waals surface area contributed by atoms with Gasteiger partial charge in [0.05, 0.1) is 11.3 Å². The molecule has 1 aliphatic heterocycles. The number of hydrogen-bond acceptors (Lipinski definition) is 4. The zero-order chi connectivity index (χ0) is 14.8. The maximum Gasteiger partial charge on any atom is 0.256 e. The number of carbonyl (C=O) groups is 1. The number of benzene rings is 2. The fourth-order valence-corrected chi connectivity index (χ4v) is 3.19. The summed E-state index contributed by atoms with van der Waals surface area (Å²) in [5, 5.41) is 1.19. The molecule has 106 valence electrons. The van der Waals surface area contributed by atoms with Gasteiger partial charge in [0.2, 0.25) is 6.79 Å². The highest BCUT2D eigenvalue weighted by Gasteiger charge is 2.33. The summed E-state index contributed by atoms with van der Waals surface area (Å²) in [5.74, 6) is 1.05. The molecular weight excluding hydrogens is 282 g/mol. The van der Waals surface area contributed by atoms with Crippen LogP contribution in [0.2, 0.25) is 0 Å². The molecule has 0 unspecified atom stereocenters. The highest BCUT2D eigenvalue weighted by molar-refractivity contribution is 6.26. The number of aromatic amines is 1. The maximum atomic E-state index is 12.8. The predicted octanol–water partition coefficient (Wildman–Crippen LogP) is 2.47. The van der Waals surface area contributed by atoms with Crippen LogP contribution in [-0.4, -0.2) is 17.6 Å². The Hall–Kier alpha value is -3.08. The molecule has 5 rings (SSSR count). The van der Waals surface area contributed by atoms with E-state index in [-0.39, 0.29) is 18.1 Å². The molecule has 22 heavy (non-hydrogen) atoms. The van der Waals surface area contributed by atoms with Crippen LogP contribution in [0.5, 0.6) is 11.5 Å². The Labute approximate surface area is 124 Å². The monoisotopic (exact) mass is 291 g/mol. The highest BCUT2D eigenvalue weighted by atomic mass is 16.7. The number of H-pyrrole nitrogens is 1. The summed E-state index contributed by atoms with van der Waals surface area (Å²) in [7, 11) is 0. The van der Waals surface area contributed by atoms with Crippen LogP contribution < -0.4 is 15.0 Å². The third-order valence-electron chi connectivity index (χ3n) is 4.18. The van der Waals surface area contributed by atoms with Crippen LogP contribution in [-0.2, 0) is 0 Å². The lowest BCUT2D eigenvalue weighted by atomic mass is 10.0. The van der Waals surface area contributed by atoms with Gasteiger partial charge in [0.1, 0.15) is 0 Å². The Kier molecular flexibility index (Phi) is 1.98. The van der Waals surface area contributed by atoms with Crippen LogP contribution in [0.25, 0.3) is 22.0 Å². The van der Waals surface area contributed by atoms with Crippen molar-refractivity contribution in [2.24, 2.45) is 0 Å². The minimum Gasteiger partial charge on any atom is -0.454 e. The Morgan fingerprint density at radius 1 is 0.909 bits per heavy atom. The molecule has 0 bridgehead atoms. The number of hydrogen-bond donors (Lipinski definition) is 1. The molecule has 0 radical (unpaired) electrons. The first-order valence-corrected chi connectivity index (χ1v) is 6.88. The van der Waals surface area contributed by atoms with Gasteiger partial charge in [-0.2, -0.15) is 0 Å². The predicted molar refractivity (Wildman–Crippen MR) is 79.6 cm³/mol. The van der Waals surface area contributed by atoms with E-state index >= 15 is 0 Å². The molecule has 0 atom stereocenters. The molecule has 2 aromatic carbocycles. The molecule has 3 aromatic rings. The van der Waals surface area contributed by atoms with Crippen LogP contribution in [0, 0.1) is 0 Å². The van der Waals surface area contributed by atoms with Gasteiger partial charge in [0.25, 0.3) is 5.56 Å². The summed E-state index contributed by atoms with van der Waals surface area (Å²) in [6, 6.07) is 10.6. The third kappa shape index (κ3) is 1.28. The summed E-state index contributed by atoms with van der Waals surface area (Å²) < 4.78 is 10.7. The van der Waals surface area contributed by atoms with Crippen LogP contribution in [0.15, 0.2) is 41.2 Å². The fourth-order valence-electron chi connectivity index (χ4n) is 3.19. The van der Waals surface area contributed by atoms with E-state index in [2.05, 4.69) is 4.98 Å². The van der Waals surface area contributed by atoms with Gasteiger partial charge in [0.15, 0.2) is 17.3 Å². The molecule has 2 heterocycles. The fraction of sp³-hybridized carbons (Fsp3) is 0.0588. The number of ether oxygens (including phenoxy) is 2. The van der Waals surface area contributed by atoms with Gasteiger partial charge in [-0.15, -0.1) is 0 Å². The van der Waals surface area contributed by atoms with Gasteiger partial charge < -0.3 is 14.5 Å². The number of aromatic nitrogens is 1. The normalized spacial score (nSPS) is 14.3. The van der Waals surface area contributed by atoms with E-state index in [4.69, 9.17) is 9.47 Å². The van der Waals surface area contributed by atoms with Crippen molar-refractivity contribution >= 4 is 16.6 Å². The number of pyridine rings is 1. The molecule has 0 saturated carbocycles. The second-order valence-corrected chi connectivity index (χ2v) is 5.33. The van der Waals surface area contributed by atoms with Crippen molar-refractivity contribution in [3.63, 3.8) is 0 Å². The summed E-state index contributed by atoms with van der Waals surface area (Å²) in [6.07, 6.45) is 0. The first-order chi connectivity index (χ1) is 10.7. The van der Waals surface area contributed by atoms with E-state index in [0.717, 1.165) is 0 Å². The van der Waals surface area contributed by atoms with Crippen molar-refractivity contribution in [1.82, 2.24) is 4.98 Å². The molecular formula is C17H9NO4. The van der Waals surface area contributed by atoms with Crippen molar-refractivity contribution in [1.29, 1.82) is 0 Å². The second-order valence-electron chi connectivity index (χ2n) is 5.33. The minimum absolute atomic E-state index is 0.101. The smallest absolute Gasteiger partial charge is 0.256 e. The Morgan fingerprint density at radius 3 is 2.36 bits per heavy atom. The third-order valence-corrected chi connectivity index (χ3v) is 4.18. The average Bonchev–Trinajstić information content (AvgIpc) is 3.09. The van der Waals surface area contributed by atoms with E-state index in [1.165, 1.54) is 0 Å². The van der Waals surface area contributed by atoms with Crippen molar-refractivity contribution < 1.29 is 14.3 Å². The van der Waals surface area contributed by atoms with E-state index in [9.17, 15) is 9.59 Å². The summed E-state index contributed by atoms with van der Waals surface area (Å²) in [4.78, 5) is 27.9. The van der Waals surface area contributed by atoms with Crippen LogP contribution in [0.1, 0.15) is 15.9 Å². The standard InChI is InChI=1S/C17H9NO4/c19-16-11-6-13-12(21-7-22-13)5-10(11)15-14(16)8-3-1-2-4-9(8)17(20)18-15/h1-6H,7H2,(H,18,20). The van der Waals surface area contributed by atoms with E-state index in [1.54, 1.807) is 30.3 Å². The second kappa shape index (κ2) is 3.76. The Morgan fingerprint density at radius 2 is 1.59 bits per heavy atom. The van der Waals surface area contributed by atoms with E-state index in [0.29, 0.717) is 44.7 Å². The molecule has 1 aliphatic carbocycles. The Bertz CT molecular complexity index is 1050. The molecule has 1 aromatic heterocycles. The first kappa shape index (κ1) is 11.6. The Balaban J connectivity index is 1.93. The molecule has 0 spiro atoms. The van der Waals surface area contributed by atoms with Gasteiger partial charge in [-0.3, -0.25) is 9.59 Å². The molecule has 0 saturated heterocycles. The molecule has 2 aliphatic rings. The van der Waals surface area contributed by atoms with E-state index < -0.39 is 0 Å². The zero-order valence-corrected chi connectivity index (χ0v) is 11.3. The SMILES string of the molecule is O=C1c2cc3c(cc2-c2[nH]c(=O)c4ccccc4c21)OCO3. The largest absolute Gasteiger partial charge is 0.454 e. The van der Waals surface area contributed by atoms with Crippen molar-refractivity contribution in [3.8, 4) is 22.8 Å². The highest BCUT2D eigenvalue weighted by Crippen LogP contribution is 2.44. The summed E-state index contributed by atoms with van der Waals surface area (Å²) >= 11 is 0. The van der Waals surface area contributed by atoms with Crippen molar-refractivity contribution in [2.45, 2.75) is 0 Å². The maximum absolute atomic E-state index is 12.8. The molecule has 5 heteroatoms. The van der Waals surface area contributed by atoms with Crippen LogP contribution in [0.3, 0.4) is 0 Å². The number of carbonyl (C=O) groups excluding carboxylic acids is 1. The molecule has 1 N–H and O–H groups in total. The van der Waals surface area contributed by atoms with Gasteiger partial charge in [-0.25, -0.2) is 0 Å². The van der Waals surface area contributed by atoms with Gasteiger partial charge in [0, 0.05) is 21.9 Å². The molecule has 0 fully saturated rings. The van der Waals surface area contributed by atoms with Crippen LogP contribution in [0.4, 0.5) is 0 Å². The molecule has 5 nitrogen and oxygen atoms in total. The summed E-state index contributed by atoms with van der Waals surface area (Å²) in [6.45, 7) is 0.146. The number of nitrogens with one attached hydrogen (secondary N) is 1. The zero-order valence-electron chi connectivity index (χ0n) is 11.3. The van der Waals surface area contributed by atoms with Gasteiger partial charge in [-0.1, -0.05) is 18.2 Å². The quantitative estimate of drug-likeness (QED) is 0.540. The average molecular weight is 291 g/mol. The first-order valence-electron chi connectivity index (χ1n) is 6.88. The van der Waals surface area contributed by atoms with Gasteiger partial charge >= 0.3 is 0 Å². The lowest BCUT2D eigenvalue weighted by Gasteiger charge is -2.04. The summed E-state index contributed by atoms with van der Waals surface area (Å²) in [5.41, 5.74) is 2.11. The topological polar surface area (TPSA) is 68.4 Å². The lowest BCUT2D eigenvalue weighted by molar-refractivity contribution is 0.104. The van der Waals surface area contributed by atoms with Gasteiger partial charge in [-0.05, 0) is 18.2 Å². The van der Waals surface area contributed by atoms with Crippen molar-refractivity contribution in [2.75, 3.05) is 6.79 Å². The van der Waals surface area contributed by atoms with Crippen LogP contribution >= 0.6 is 0 Å². The number of rotatable bonds is 0. The number of fused-ring (bicyclic) bond motifs is 6. The minimum atomic E-state index is -0.201. The lowest BCUT2D eigenvalue weighted by Crippen LogP contribution is -2.09. The number of ketones is 1. The molecule has 0 amide bonds. The van der Waals surface area contributed by atoms with Crippen molar-refractivity contribution in [3.05, 3.63) is 57.9 Å². The van der Waals surface area contributed by atoms with E-state index in [1.807, 2.05) is 6.07 Å².